The van der Waals surface area contributed by atoms with Crippen LogP contribution >= 0.6 is 0 Å². The van der Waals surface area contributed by atoms with Crippen molar-refractivity contribution in [2.45, 2.75) is 39.3 Å². The Morgan fingerprint density at radius 1 is 1.08 bits per heavy atom. The lowest BCUT2D eigenvalue weighted by atomic mass is 9.93. The molecule has 0 aliphatic carbocycles. The molecule has 0 radical (unpaired) electrons. The lowest BCUT2D eigenvalue weighted by Crippen LogP contribution is -2.32. The number of nitrogens with zero attached hydrogens (tertiary/aromatic N) is 5. The Hall–Kier alpha value is -4.87. The molecule has 1 saturated heterocycles. The van der Waals surface area contributed by atoms with Crippen molar-refractivity contribution < 1.29 is 23.5 Å². The molecule has 0 spiro atoms. The molecule has 5 aromatic rings. The zero-order valence-corrected chi connectivity index (χ0v) is 27.5. The average molecular weight is 653 g/mol. The second-order valence-electron chi connectivity index (χ2n) is 12.9. The Labute approximate surface area is 277 Å². The number of likely N-dealkylation sites (tertiary alicyclic amines) is 1. The first-order chi connectivity index (χ1) is 23.1. The van der Waals surface area contributed by atoms with Gasteiger partial charge in [0.1, 0.15) is 28.7 Å². The molecule has 3 aromatic carbocycles. The molecule has 4 heterocycles. The minimum atomic E-state index is -1.04. The predicted octanol–water partition coefficient (Wildman–Crippen LogP) is 5.72. The van der Waals surface area contributed by atoms with Gasteiger partial charge in [0.25, 0.3) is 0 Å². The number of fused-ring (bicyclic) bond motifs is 4. The van der Waals surface area contributed by atoms with Crippen molar-refractivity contribution in [2.24, 2.45) is 7.05 Å². The third kappa shape index (κ3) is 5.27. The summed E-state index contributed by atoms with van der Waals surface area (Å²) in [5, 5.41) is 12.4. The third-order valence-electron chi connectivity index (χ3n) is 9.91. The number of aliphatic hydroxyl groups excluding tert-OH is 1. The molecule has 248 valence electrons. The number of halogens is 2. The zero-order valence-electron chi connectivity index (χ0n) is 27.5. The van der Waals surface area contributed by atoms with Crippen molar-refractivity contribution in [3.05, 3.63) is 88.9 Å². The summed E-state index contributed by atoms with van der Waals surface area (Å²) in [7, 11) is 4.06. The van der Waals surface area contributed by atoms with Gasteiger partial charge in [0.15, 0.2) is 5.78 Å². The smallest absolute Gasteiger partial charge is 0.248 e. The Morgan fingerprint density at radius 2 is 1.85 bits per heavy atom. The summed E-state index contributed by atoms with van der Waals surface area (Å²) in [5.41, 5.74) is 6.51. The van der Waals surface area contributed by atoms with Crippen LogP contribution in [0.2, 0.25) is 0 Å². The molecule has 2 aliphatic rings. The van der Waals surface area contributed by atoms with Gasteiger partial charge in [-0.1, -0.05) is 24.3 Å². The van der Waals surface area contributed by atoms with Crippen LogP contribution in [0.1, 0.15) is 40.2 Å². The van der Waals surface area contributed by atoms with Crippen LogP contribution in [0.4, 0.5) is 20.2 Å². The predicted molar refractivity (Wildman–Crippen MR) is 184 cm³/mol. The highest BCUT2D eigenvalue weighted by molar-refractivity contribution is 6.19. The molecule has 0 bridgehead atoms. The van der Waals surface area contributed by atoms with Crippen LogP contribution in [0, 0.1) is 25.5 Å². The number of amides is 1. The molecule has 1 amide bonds. The number of likely N-dealkylation sites (N-methyl/N-ethyl adjacent to an activating group) is 1. The highest BCUT2D eigenvalue weighted by Gasteiger charge is 2.28. The number of nitrogens with one attached hydrogen (secondary N) is 1. The maximum atomic E-state index is 15.3. The molecule has 1 fully saturated rings. The van der Waals surface area contributed by atoms with Gasteiger partial charge in [-0.25, -0.2) is 13.8 Å². The van der Waals surface area contributed by atoms with E-state index in [2.05, 4.69) is 27.8 Å². The quantitative estimate of drug-likeness (QED) is 0.173. The van der Waals surface area contributed by atoms with Crippen LogP contribution in [0.3, 0.4) is 0 Å². The zero-order chi connectivity index (χ0) is 33.9. The van der Waals surface area contributed by atoms with Crippen LogP contribution in [-0.4, -0.2) is 75.1 Å². The number of aliphatic hydroxyl groups is 1. The Kier molecular flexibility index (Phi) is 8.13. The van der Waals surface area contributed by atoms with Crippen molar-refractivity contribution in [1.29, 1.82) is 0 Å². The van der Waals surface area contributed by atoms with Crippen LogP contribution in [-0.2, 0) is 18.4 Å². The number of hydrogen-bond donors (Lipinski definition) is 2. The van der Waals surface area contributed by atoms with Crippen molar-refractivity contribution >= 4 is 45.0 Å². The summed E-state index contributed by atoms with van der Waals surface area (Å²) in [4.78, 5) is 35.6. The molecule has 11 heteroatoms. The molecule has 2 N–H and O–H groups in total. The summed E-state index contributed by atoms with van der Waals surface area (Å²) in [5.74, 6) is -2.37. The first kappa shape index (κ1) is 31.7. The molecule has 0 unspecified atom stereocenters. The molecule has 1 atom stereocenters. The number of aromatic nitrogens is 3. The molecule has 7 rings (SSSR count). The fraction of sp³-hybridized carbons (Fsp3) is 0.324. The van der Waals surface area contributed by atoms with Gasteiger partial charge in [-0.3, -0.25) is 14.5 Å². The van der Waals surface area contributed by atoms with Gasteiger partial charge in [-0.15, -0.1) is 0 Å². The lowest BCUT2D eigenvalue weighted by Gasteiger charge is -2.28. The first-order valence-electron chi connectivity index (χ1n) is 16.2. The van der Waals surface area contributed by atoms with E-state index in [0.29, 0.717) is 30.6 Å². The van der Waals surface area contributed by atoms with E-state index in [4.69, 9.17) is 4.98 Å². The second kappa shape index (κ2) is 12.3. The largest absolute Gasteiger partial charge is 0.395 e. The van der Waals surface area contributed by atoms with Crippen LogP contribution < -0.4 is 10.2 Å². The third-order valence-corrected chi connectivity index (χ3v) is 9.91. The molecule has 2 aromatic heterocycles. The Morgan fingerprint density at radius 3 is 2.60 bits per heavy atom. The number of benzene rings is 3. The number of imidazole rings is 1. The second-order valence-corrected chi connectivity index (χ2v) is 12.9. The van der Waals surface area contributed by atoms with Gasteiger partial charge in [-0.05, 0) is 57.0 Å². The minimum absolute atomic E-state index is 0.0447. The molecular weight excluding hydrogens is 614 g/mol. The van der Waals surface area contributed by atoms with E-state index < -0.39 is 29.0 Å². The first-order valence-corrected chi connectivity index (χ1v) is 16.2. The summed E-state index contributed by atoms with van der Waals surface area (Å²) < 4.78 is 34.7. The van der Waals surface area contributed by atoms with Gasteiger partial charge >= 0.3 is 0 Å². The van der Waals surface area contributed by atoms with Gasteiger partial charge in [0.2, 0.25) is 5.91 Å². The number of para-hydroxylation sites is 1. The van der Waals surface area contributed by atoms with E-state index in [1.54, 1.807) is 12.3 Å². The molecule has 2 aliphatic heterocycles. The van der Waals surface area contributed by atoms with Gasteiger partial charge < -0.3 is 24.5 Å². The number of rotatable bonds is 7. The molecule has 0 saturated carbocycles. The SMILES string of the molecule is Cc1cc2c(nc(C)n2C)c2c1-c1cccc3c(C(=O)c4cc(F)c(NC(=O)/C=C/CN5CCC[C@H]5CO)c(F)c4)cn(c13)CCN2C. The van der Waals surface area contributed by atoms with Crippen LogP contribution in [0.25, 0.3) is 33.1 Å². The maximum Gasteiger partial charge on any atom is 0.248 e. The number of carbonyl (C=O) groups excluding carboxylic acids is 2. The van der Waals surface area contributed by atoms with E-state index in [-0.39, 0.29) is 18.2 Å². The molecule has 9 nitrogen and oxygen atoms in total. The van der Waals surface area contributed by atoms with Crippen molar-refractivity contribution in [2.75, 3.05) is 43.5 Å². The number of anilines is 2. The Bertz CT molecular complexity index is 2130. The topological polar surface area (TPSA) is 95.6 Å². The van der Waals surface area contributed by atoms with Crippen molar-refractivity contribution in [3.63, 3.8) is 0 Å². The number of ketones is 1. The fourth-order valence-corrected chi connectivity index (χ4v) is 7.33. The van der Waals surface area contributed by atoms with Gasteiger partial charge in [-0.2, -0.15) is 0 Å². The maximum absolute atomic E-state index is 15.3. The normalized spacial score (nSPS) is 16.6. The molecule has 48 heavy (non-hydrogen) atoms. The van der Waals surface area contributed by atoms with E-state index in [1.807, 2.05) is 48.7 Å². The van der Waals surface area contributed by atoms with Gasteiger partial charge in [0, 0.05) is 79.7 Å². The van der Waals surface area contributed by atoms with E-state index in [9.17, 15) is 14.7 Å². The summed E-state index contributed by atoms with van der Waals surface area (Å²) in [6.45, 7) is 6.60. The average Bonchev–Trinajstić information content (AvgIpc) is 3.75. The number of carbonyl (C=O) groups is 2. The highest BCUT2D eigenvalue weighted by atomic mass is 19.1. The monoisotopic (exact) mass is 652 g/mol. The van der Waals surface area contributed by atoms with Crippen LogP contribution in [0.15, 0.2) is 54.7 Å². The summed E-state index contributed by atoms with van der Waals surface area (Å²) >= 11 is 0. The lowest BCUT2D eigenvalue weighted by molar-refractivity contribution is -0.112. The van der Waals surface area contributed by atoms with E-state index >= 15 is 8.78 Å². The number of aryl methyl sites for hydroxylation is 3. The minimum Gasteiger partial charge on any atom is -0.395 e. The summed E-state index contributed by atoms with van der Waals surface area (Å²) in [6, 6.07) is 9.95. The van der Waals surface area contributed by atoms with Crippen molar-refractivity contribution in [1.82, 2.24) is 19.0 Å². The Balaban J connectivity index is 1.21. The molecular formula is C37H38F2N6O3. The standard InChI is InChI=1S/C37H38F2N6O3/c1-21-16-30-34(40-22(2)43(30)4)36-32(21)26-10-5-9-25-27(19-45(35(25)26)15-14-42(36)3)37(48)23-17-28(38)33(29(39)18-23)41-31(47)11-7-13-44-12-6-8-24(44)20-46/h5,7,9-11,16-19,24,46H,6,8,12-15,20H2,1-4H3,(H,41,47)/b11-7+/t24-/m0/s1. The van der Waals surface area contributed by atoms with E-state index in [1.165, 1.54) is 6.08 Å². The van der Waals surface area contributed by atoms with E-state index in [0.717, 1.165) is 76.3 Å². The fourth-order valence-electron chi connectivity index (χ4n) is 7.33. The summed E-state index contributed by atoms with van der Waals surface area (Å²) in [6.07, 6.45) is 6.46. The van der Waals surface area contributed by atoms with Crippen molar-refractivity contribution in [3.8, 4) is 11.1 Å². The van der Waals surface area contributed by atoms with Crippen LogP contribution in [0.5, 0.6) is 0 Å². The van der Waals surface area contributed by atoms with Gasteiger partial charge in [0.05, 0.1) is 23.3 Å². The number of hydrogen-bond acceptors (Lipinski definition) is 6. The highest BCUT2D eigenvalue weighted by Crippen LogP contribution is 2.44.